The van der Waals surface area contributed by atoms with E-state index in [-0.39, 0.29) is 48.6 Å². The van der Waals surface area contributed by atoms with Crippen LogP contribution >= 0.6 is 11.6 Å². The molecule has 0 saturated carbocycles. The predicted molar refractivity (Wildman–Crippen MR) is 124 cm³/mol. The van der Waals surface area contributed by atoms with Gasteiger partial charge in [-0.25, -0.2) is 13.2 Å². The van der Waals surface area contributed by atoms with Crippen molar-refractivity contribution in [2.45, 2.75) is 24.8 Å². The molecule has 2 aromatic carbocycles. The zero-order valence-corrected chi connectivity index (χ0v) is 20.0. The number of ether oxygens (including phenoxy) is 1. The van der Waals surface area contributed by atoms with Crippen LogP contribution in [0.2, 0.25) is 5.02 Å². The molecular weight excluding hydrogens is 470 g/mol. The number of halogens is 1. The van der Waals surface area contributed by atoms with Crippen molar-refractivity contribution in [3.63, 3.8) is 0 Å². The van der Waals surface area contributed by atoms with Crippen LogP contribution in [0.3, 0.4) is 0 Å². The smallest absolute Gasteiger partial charge is 0.420 e. The Balaban J connectivity index is 1.52. The zero-order chi connectivity index (χ0) is 23.9. The van der Waals surface area contributed by atoms with E-state index in [9.17, 15) is 18.0 Å². The van der Waals surface area contributed by atoms with Gasteiger partial charge in [-0.3, -0.25) is 9.36 Å². The Morgan fingerprint density at radius 2 is 1.79 bits per heavy atom. The summed E-state index contributed by atoms with van der Waals surface area (Å²) in [5.41, 5.74) is 1.13. The monoisotopic (exact) mass is 493 g/mol. The molecule has 2 heterocycles. The Kier molecular flexibility index (Phi) is 6.26. The molecule has 176 valence electrons. The molecule has 33 heavy (non-hydrogen) atoms. The molecule has 3 aromatic rings. The normalized spacial score (nSPS) is 15.4. The fraction of sp³-hybridized carbons (Fsp3) is 0.364. The van der Waals surface area contributed by atoms with Crippen LogP contribution in [0.1, 0.15) is 30.2 Å². The van der Waals surface area contributed by atoms with Gasteiger partial charge in [0.05, 0.1) is 23.1 Å². The summed E-state index contributed by atoms with van der Waals surface area (Å²) in [6.07, 6.45) is 0. The highest BCUT2D eigenvalue weighted by Crippen LogP contribution is 2.27. The Morgan fingerprint density at radius 1 is 1.09 bits per heavy atom. The molecule has 1 aromatic heterocycles. The van der Waals surface area contributed by atoms with Crippen molar-refractivity contribution in [3.8, 4) is 5.75 Å². The molecule has 4 rings (SSSR count). The molecule has 0 unspecified atom stereocenters. The Bertz CT molecular complexity index is 1370. The van der Waals surface area contributed by atoms with Gasteiger partial charge in [0.1, 0.15) is 5.75 Å². The van der Waals surface area contributed by atoms with Gasteiger partial charge in [-0.1, -0.05) is 11.6 Å². The number of piperazine rings is 1. The molecule has 1 aliphatic heterocycles. The predicted octanol–water partition coefficient (Wildman–Crippen LogP) is 2.98. The zero-order valence-electron chi connectivity index (χ0n) is 18.4. The molecule has 11 heteroatoms. The molecule has 1 fully saturated rings. The van der Waals surface area contributed by atoms with Crippen LogP contribution in [0.25, 0.3) is 11.1 Å². The van der Waals surface area contributed by atoms with Gasteiger partial charge in [0, 0.05) is 43.3 Å². The van der Waals surface area contributed by atoms with Gasteiger partial charge in [0.15, 0.2) is 5.58 Å². The number of nitrogens with zero attached hydrogens (tertiary/aromatic N) is 3. The molecular formula is C22H24ClN3O6S. The first kappa shape index (κ1) is 23.3. The van der Waals surface area contributed by atoms with Crippen molar-refractivity contribution in [3.05, 3.63) is 57.5 Å². The van der Waals surface area contributed by atoms with Crippen molar-refractivity contribution in [2.24, 2.45) is 0 Å². The van der Waals surface area contributed by atoms with Gasteiger partial charge in [0.2, 0.25) is 10.0 Å². The summed E-state index contributed by atoms with van der Waals surface area (Å²) in [7, 11) is -2.37. The molecule has 0 bridgehead atoms. The van der Waals surface area contributed by atoms with Crippen LogP contribution in [0.15, 0.2) is 50.5 Å². The minimum Gasteiger partial charge on any atom is -0.496 e. The van der Waals surface area contributed by atoms with Crippen LogP contribution in [0, 0.1) is 0 Å². The number of methoxy groups -OCH3 is 1. The first-order valence-corrected chi connectivity index (χ1v) is 12.2. The fourth-order valence-electron chi connectivity index (χ4n) is 3.96. The van der Waals surface area contributed by atoms with E-state index in [0.717, 1.165) is 0 Å². The van der Waals surface area contributed by atoms with Crippen LogP contribution in [-0.4, -0.2) is 61.4 Å². The van der Waals surface area contributed by atoms with Crippen molar-refractivity contribution in [1.29, 1.82) is 0 Å². The molecule has 0 atom stereocenters. The highest BCUT2D eigenvalue weighted by atomic mass is 35.5. The van der Waals surface area contributed by atoms with E-state index >= 15 is 0 Å². The van der Waals surface area contributed by atoms with E-state index in [1.807, 2.05) is 13.8 Å². The maximum atomic E-state index is 13.2. The van der Waals surface area contributed by atoms with E-state index in [0.29, 0.717) is 21.9 Å². The minimum absolute atomic E-state index is 0.0406. The molecule has 0 aliphatic carbocycles. The summed E-state index contributed by atoms with van der Waals surface area (Å²) >= 11 is 5.97. The van der Waals surface area contributed by atoms with E-state index in [1.165, 1.54) is 28.1 Å². The molecule has 1 saturated heterocycles. The lowest BCUT2D eigenvalue weighted by Gasteiger charge is -2.34. The number of aromatic nitrogens is 1. The third kappa shape index (κ3) is 4.25. The van der Waals surface area contributed by atoms with Gasteiger partial charge in [0.25, 0.3) is 5.91 Å². The number of oxazole rings is 1. The van der Waals surface area contributed by atoms with Gasteiger partial charge in [-0.05, 0) is 44.2 Å². The summed E-state index contributed by atoms with van der Waals surface area (Å²) in [4.78, 5) is 26.7. The number of fused-ring (bicyclic) bond motifs is 1. The van der Waals surface area contributed by atoms with E-state index in [2.05, 4.69) is 0 Å². The lowest BCUT2D eigenvalue weighted by Crippen LogP contribution is -2.50. The lowest BCUT2D eigenvalue weighted by atomic mass is 10.1. The third-order valence-electron chi connectivity index (χ3n) is 5.66. The molecule has 1 aliphatic rings. The topological polar surface area (TPSA) is 102 Å². The maximum absolute atomic E-state index is 13.2. The van der Waals surface area contributed by atoms with E-state index < -0.39 is 15.8 Å². The Morgan fingerprint density at radius 3 is 2.42 bits per heavy atom. The van der Waals surface area contributed by atoms with Gasteiger partial charge >= 0.3 is 5.76 Å². The molecule has 0 radical (unpaired) electrons. The second-order valence-electron chi connectivity index (χ2n) is 8.00. The van der Waals surface area contributed by atoms with Crippen molar-refractivity contribution in [1.82, 2.24) is 13.8 Å². The number of carbonyl (C=O) groups is 1. The van der Waals surface area contributed by atoms with Crippen molar-refractivity contribution in [2.75, 3.05) is 33.3 Å². The first-order valence-electron chi connectivity index (χ1n) is 10.4. The minimum atomic E-state index is -3.83. The average Bonchev–Trinajstić information content (AvgIpc) is 3.13. The largest absolute Gasteiger partial charge is 0.496 e. The molecule has 0 spiro atoms. The maximum Gasteiger partial charge on any atom is 0.420 e. The van der Waals surface area contributed by atoms with Crippen molar-refractivity contribution < 1.29 is 22.4 Å². The summed E-state index contributed by atoms with van der Waals surface area (Å²) in [6.45, 7) is 4.43. The van der Waals surface area contributed by atoms with Gasteiger partial charge in [-0.15, -0.1) is 0 Å². The molecule has 1 amide bonds. The van der Waals surface area contributed by atoms with Gasteiger partial charge in [-0.2, -0.15) is 4.31 Å². The Labute approximate surface area is 196 Å². The standard InChI is InChI=1S/C22H24ClN3O6S/c1-14(2)26-18-7-5-16(13-20(18)32-22(26)28)33(29,30)25-10-8-24(9-11-25)21(27)17-6-4-15(23)12-19(17)31-3/h4-7,12-14H,8-11H2,1-3H3. The number of rotatable bonds is 5. The number of benzene rings is 2. The summed E-state index contributed by atoms with van der Waals surface area (Å²) in [5, 5.41) is 0.454. The second kappa shape index (κ2) is 8.85. The number of amides is 1. The molecule has 0 N–H and O–H groups in total. The van der Waals surface area contributed by atoms with Gasteiger partial charge < -0.3 is 14.1 Å². The van der Waals surface area contributed by atoms with Crippen LogP contribution in [0.4, 0.5) is 0 Å². The summed E-state index contributed by atoms with van der Waals surface area (Å²) < 4.78 is 39.7. The summed E-state index contributed by atoms with van der Waals surface area (Å²) in [6, 6.07) is 9.09. The quantitative estimate of drug-likeness (QED) is 0.541. The van der Waals surface area contributed by atoms with Crippen LogP contribution in [-0.2, 0) is 10.0 Å². The number of hydrogen-bond donors (Lipinski definition) is 0. The highest BCUT2D eigenvalue weighted by Gasteiger charge is 2.32. The third-order valence-corrected chi connectivity index (χ3v) is 7.79. The van der Waals surface area contributed by atoms with Crippen LogP contribution in [0.5, 0.6) is 5.75 Å². The number of carbonyl (C=O) groups excluding carboxylic acids is 1. The summed E-state index contributed by atoms with van der Waals surface area (Å²) in [5.74, 6) is -0.413. The highest BCUT2D eigenvalue weighted by molar-refractivity contribution is 7.89. The second-order valence-corrected chi connectivity index (χ2v) is 10.4. The van der Waals surface area contributed by atoms with Crippen LogP contribution < -0.4 is 10.5 Å². The lowest BCUT2D eigenvalue weighted by molar-refractivity contribution is 0.0694. The van der Waals surface area contributed by atoms with E-state index in [1.54, 1.807) is 29.2 Å². The fourth-order valence-corrected chi connectivity index (χ4v) is 5.56. The SMILES string of the molecule is COc1cc(Cl)ccc1C(=O)N1CCN(S(=O)(=O)c2ccc3c(c2)oc(=O)n3C(C)C)CC1. The number of hydrogen-bond acceptors (Lipinski definition) is 6. The first-order chi connectivity index (χ1) is 15.6. The molecule has 9 nitrogen and oxygen atoms in total. The Hall–Kier alpha value is -2.82. The average molecular weight is 494 g/mol. The van der Waals surface area contributed by atoms with Crippen molar-refractivity contribution >= 4 is 38.6 Å². The number of sulfonamides is 1. The van der Waals surface area contributed by atoms with E-state index in [4.69, 9.17) is 20.8 Å².